The Hall–Kier alpha value is -2.09. The average Bonchev–Trinajstić information content (AvgIpc) is 2.28. The largest absolute Gasteiger partial charge is 0.508 e. The van der Waals surface area contributed by atoms with E-state index in [1.165, 1.54) is 12.1 Å². The standard InChI is InChI=1S/C16H16O2/c1-10-8-11(2)15(12(3)9-10)16(18)13-4-6-14(17)7-5-13/h4-9,17H,1-3H3. The highest BCUT2D eigenvalue weighted by Gasteiger charge is 2.14. The maximum atomic E-state index is 12.4. The van der Waals surface area contributed by atoms with Gasteiger partial charge in [-0.1, -0.05) is 17.7 Å². The van der Waals surface area contributed by atoms with Crippen LogP contribution in [0.2, 0.25) is 0 Å². The van der Waals surface area contributed by atoms with Gasteiger partial charge in [0.1, 0.15) is 5.75 Å². The summed E-state index contributed by atoms with van der Waals surface area (Å²) in [6.07, 6.45) is 0. The van der Waals surface area contributed by atoms with Crippen molar-refractivity contribution in [1.29, 1.82) is 0 Å². The molecule has 2 rings (SSSR count). The Bertz CT molecular complexity index is 572. The highest BCUT2D eigenvalue weighted by Crippen LogP contribution is 2.21. The summed E-state index contributed by atoms with van der Waals surface area (Å²) in [5.74, 6) is 0.175. The maximum Gasteiger partial charge on any atom is 0.193 e. The molecule has 0 spiro atoms. The van der Waals surface area contributed by atoms with Crippen molar-refractivity contribution in [1.82, 2.24) is 0 Å². The van der Waals surface area contributed by atoms with Gasteiger partial charge in [-0.05, 0) is 56.2 Å². The number of hydrogen-bond acceptors (Lipinski definition) is 2. The van der Waals surface area contributed by atoms with E-state index in [4.69, 9.17) is 0 Å². The second kappa shape index (κ2) is 4.65. The Morgan fingerprint density at radius 3 is 1.94 bits per heavy atom. The summed E-state index contributed by atoms with van der Waals surface area (Å²) in [6.45, 7) is 5.93. The number of phenolic OH excluding ortho intramolecular Hbond substituents is 1. The Kier molecular flexibility index (Phi) is 3.19. The van der Waals surface area contributed by atoms with Gasteiger partial charge < -0.3 is 5.11 Å². The number of ketones is 1. The summed E-state index contributed by atoms with van der Waals surface area (Å²) < 4.78 is 0. The highest BCUT2D eigenvalue weighted by atomic mass is 16.3. The number of benzene rings is 2. The van der Waals surface area contributed by atoms with E-state index in [0.717, 1.165) is 22.3 Å². The van der Waals surface area contributed by atoms with E-state index in [2.05, 4.69) is 0 Å². The number of carbonyl (C=O) groups is 1. The summed E-state index contributed by atoms with van der Waals surface area (Å²) in [5, 5.41) is 9.24. The summed E-state index contributed by atoms with van der Waals surface area (Å²) in [4.78, 5) is 12.4. The molecule has 92 valence electrons. The molecule has 0 saturated carbocycles. The van der Waals surface area contributed by atoms with E-state index in [-0.39, 0.29) is 11.5 Å². The molecule has 0 aliphatic carbocycles. The van der Waals surface area contributed by atoms with Gasteiger partial charge in [-0.25, -0.2) is 0 Å². The van der Waals surface area contributed by atoms with Crippen LogP contribution in [0.25, 0.3) is 0 Å². The van der Waals surface area contributed by atoms with Crippen molar-refractivity contribution in [3.8, 4) is 5.75 Å². The zero-order chi connectivity index (χ0) is 13.3. The summed E-state index contributed by atoms with van der Waals surface area (Å²) in [7, 11) is 0. The third kappa shape index (κ3) is 2.28. The van der Waals surface area contributed by atoms with E-state index in [0.29, 0.717) is 5.56 Å². The minimum atomic E-state index is 0.00463. The highest BCUT2D eigenvalue weighted by molar-refractivity contribution is 6.10. The third-order valence-corrected chi connectivity index (χ3v) is 3.03. The fourth-order valence-corrected chi connectivity index (χ4v) is 2.30. The molecule has 0 aliphatic rings. The van der Waals surface area contributed by atoms with Gasteiger partial charge in [-0.15, -0.1) is 0 Å². The molecule has 0 amide bonds. The van der Waals surface area contributed by atoms with Crippen molar-refractivity contribution in [2.75, 3.05) is 0 Å². The third-order valence-electron chi connectivity index (χ3n) is 3.03. The van der Waals surface area contributed by atoms with Crippen molar-refractivity contribution >= 4 is 5.78 Å². The molecule has 0 fully saturated rings. The molecule has 0 radical (unpaired) electrons. The summed E-state index contributed by atoms with van der Waals surface area (Å²) >= 11 is 0. The first-order valence-electron chi connectivity index (χ1n) is 5.90. The first kappa shape index (κ1) is 12.4. The second-order valence-corrected chi connectivity index (χ2v) is 4.65. The fraction of sp³-hybridized carbons (Fsp3) is 0.188. The predicted octanol–water partition coefficient (Wildman–Crippen LogP) is 3.55. The van der Waals surface area contributed by atoms with Gasteiger partial charge in [0.2, 0.25) is 0 Å². The zero-order valence-corrected chi connectivity index (χ0v) is 10.8. The van der Waals surface area contributed by atoms with E-state index in [1.54, 1.807) is 12.1 Å². The van der Waals surface area contributed by atoms with E-state index in [9.17, 15) is 9.90 Å². The molecule has 2 aromatic carbocycles. The fourth-order valence-electron chi connectivity index (χ4n) is 2.30. The molecule has 2 aromatic rings. The number of aromatic hydroxyl groups is 1. The van der Waals surface area contributed by atoms with Crippen LogP contribution < -0.4 is 0 Å². The molecule has 2 nitrogen and oxygen atoms in total. The minimum Gasteiger partial charge on any atom is -0.508 e. The molecular formula is C16H16O2. The molecule has 1 N–H and O–H groups in total. The van der Waals surface area contributed by atoms with E-state index in [1.807, 2.05) is 32.9 Å². The predicted molar refractivity (Wildman–Crippen MR) is 72.2 cm³/mol. The van der Waals surface area contributed by atoms with Crippen molar-refractivity contribution < 1.29 is 9.90 Å². The summed E-state index contributed by atoms with van der Waals surface area (Å²) in [5.41, 5.74) is 4.50. The zero-order valence-electron chi connectivity index (χ0n) is 10.8. The number of phenols is 1. The average molecular weight is 240 g/mol. The lowest BCUT2D eigenvalue weighted by molar-refractivity contribution is 0.103. The molecule has 0 atom stereocenters. The summed E-state index contributed by atoms with van der Waals surface area (Å²) in [6, 6.07) is 10.4. The lowest BCUT2D eigenvalue weighted by Gasteiger charge is -2.10. The van der Waals surface area contributed by atoms with Gasteiger partial charge in [0.15, 0.2) is 5.78 Å². The van der Waals surface area contributed by atoms with Crippen molar-refractivity contribution in [3.05, 3.63) is 64.2 Å². The van der Waals surface area contributed by atoms with Gasteiger partial charge in [-0.3, -0.25) is 4.79 Å². The van der Waals surface area contributed by atoms with Crippen LogP contribution in [0, 0.1) is 20.8 Å². The van der Waals surface area contributed by atoms with Crippen molar-refractivity contribution in [2.24, 2.45) is 0 Å². The van der Waals surface area contributed by atoms with Gasteiger partial charge in [0.05, 0.1) is 0 Å². The van der Waals surface area contributed by atoms with Gasteiger partial charge in [0.25, 0.3) is 0 Å². The molecule has 2 heteroatoms. The SMILES string of the molecule is Cc1cc(C)c(C(=O)c2ccc(O)cc2)c(C)c1. The van der Waals surface area contributed by atoms with Crippen LogP contribution in [0.3, 0.4) is 0 Å². The number of aryl methyl sites for hydroxylation is 3. The molecule has 0 saturated heterocycles. The van der Waals surface area contributed by atoms with Crippen LogP contribution >= 0.6 is 0 Å². The molecule has 0 aliphatic heterocycles. The number of hydrogen-bond donors (Lipinski definition) is 1. The molecule has 0 heterocycles. The second-order valence-electron chi connectivity index (χ2n) is 4.65. The smallest absolute Gasteiger partial charge is 0.193 e. The Morgan fingerprint density at radius 1 is 0.944 bits per heavy atom. The van der Waals surface area contributed by atoms with Crippen molar-refractivity contribution in [2.45, 2.75) is 20.8 Å². The Morgan fingerprint density at radius 2 is 1.44 bits per heavy atom. The molecular weight excluding hydrogens is 224 g/mol. The number of rotatable bonds is 2. The molecule has 0 bridgehead atoms. The lowest BCUT2D eigenvalue weighted by Crippen LogP contribution is -2.06. The first-order valence-corrected chi connectivity index (χ1v) is 5.90. The van der Waals surface area contributed by atoms with Crippen LogP contribution in [0.1, 0.15) is 32.6 Å². The number of carbonyl (C=O) groups excluding carboxylic acids is 1. The molecule has 0 unspecified atom stereocenters. The first-order chi connectivity index (χ1) is 8.49. The maximum absolute atomic E-state index is 12.4. The quantitative estimate of drug-likeness (QED) is 0.815. The molecule has 18 heavy (non-hydrogen) atoms. The van der Waals surface area contributed by atoms with Crippen LogP contribution in [-0.4, -0.2) is 10.9 Å². The monoisotopic (exact) mass is 240 g/mol. The topological polar surface area (TPSA) is 37.3 Å². The minimum absolute atomic E-state index is 0.00463. The Labute approximate surface area is 107 Å². The molecule has 0 aromatic heterocycles. The van der Waals surface area contributed by atoms with E-state index < -0.39 is 0 Å². The van der Waals surface area contributed by atoms with E-state index >= 15 is 0 Å². The van der Waals surface area contributed by atoms with Gasteiger partial charge >= 0.3 is 0 Å². The Balaban J connectivity index is 2.49. The van der Waals surface area contributed by atoms with Crippen LogP contribution in [0.4, 0.5) is 0 Å². The van der Waals surface area contributed by atoms with Crippen LogP contribution in [0.15, 0.2) is 36.4 Å². The van der Waals surface area contributed by atoms with Gasteiger partial charge in [-0.2, -0.15) is 0 Å². The van der Waals surface area contributed by atoms with Gasteiger partial charge in [0, 0.05) is 11.1 Å². The normalized spacial score (nSPS) is 10.4. The van der Waals surface area contributed by atoms with Crippen LogP contribution in [0.5, 0.6) is 5.75 Å². The van der Waals surface area contributed by atoms with Crippen molar-refractivity contribution in [3.63, 3.8) is 0 Å². The lowest BCUT2D eigenvalue weighted by atomic mass is 9.93. The van der Waals surface area contributed by atoms with Crippen LogP contribution in [-0.2, 0) is 0 Å².